The molecule has 0 aliphatic carbocycles. The van der Waals surface area contributed by atoms with Gasteiger partial charge < -0.3 is 9.84 Å². The van der Waals surface area contributed by atoms with E-state index in [0.717, 1.165) is 4.31 Å². The first-order valence-electron chi connectivity index (χ1n) is 5.89. The van der Waals surface area contributed by atoms with Crippen molar-refractivity contribution in [3.05, 3.63) is 29.3 Å². The van der Waals surface area contributed by atoms with Gasteiger partial charge in [-0.3, -0.25) is 4.79 Å². The number of carbonyl (C=O) groups is 1. The number of halogens is 1. The van der Waals surface area contributed by atoms with E-state index < -0.39 is 28.1 Å². The van der Waals surface area contributed by atoms with E-state index in [2.05, 4.69) is 4.74 Å². The van der Waals surface area contributed by atoms with Gasteiger partial charge in [0.15, 0.2) is 0 Å². The topological polar surface area (TPSA) is 83.9 Å². The van der Waals surface area contributed by atoms with E-state index in [1.165, 1.54) is 31.4 Å². The van der Waals surface area contributed by atoms with Crippen LogP contribution in [0.5, 0.6) is 0 Å². The highest BCUT2D eigenvalue weighted by molar-refractivity contribution is 7.89. The van der Waals surface area contributed by atoms with Crippen LogP contribution in [0.2, 0.25) is 5.02 Å². The summed E-state index contributed by atoms with van der Waals surface area (Å²) >= 11 is 5.72. The standard InChI is InChI=1S/C12H14ClNO5S/c1-19-12(16)11-6-9(15)7-14(11)20(17,18)10-4-2-8(13)3-5-10/h2-5,9,11,15H,6-7H2,1H3/t9-,11-/m0/s1. The molecule has 1 heterocycles. The fraction of sp³-hybridized carbons (Fsp3) is 0.417. The molecule has 0 unspecified atom stereocenters. The van der Waals surface area contributed by atoms with Crippen molar-refractivity contribution in [3.63, 3.8) is 0 Å². The summed E-state index contributed by atoms with van der Waals surface area (Å²) in [6.07, 6.45) is -0.861. The van der Waals surface area contributed by atoms with E-state index in [0.29, 0.717) is 5.02 Å². The Kier molecular flexibility index (Phi) is 4.33. The van der Waals surface area contributed by atoms with Gasteiger partial charge in [0.1, 0.15) is 6.04 Å². The maximum absolute atomic E-state index is 12.5. The van der Waals surface area contributed by atoms with Crippen LogP contribution in [-0.4, -0.2) is 49.6 Å². The fourth-order valence-electron chi connectivity index (χ4n) is 2.14. The molecule has 1 aromatic rings. The maximum Gasteiger partial charge on any atom is 0.324 e. The second-order valence-electron chi connectivity index (χ2n) is 4.46. The summed E-state index contributed by atoms with van der Waals surface area (Å²) in [7, 11) is -2.70. The largest absolute Gasteiger partial charge is 0.468 e. The Balaban J connectivity index is 2.37. The molecule has 0 amide bonds. The molecule has 1 aromatic carbocycles. The average Bonchev–Trinajstić information content (AvgIpc) is 2.81. The third-order valence-corrected chi connectivity index (χ3v) is 5.27. The lowest BCUT2D eigenvalue weighted by molar-refractivity contribution is -0.144. The Hall–Kier alpha value is -1.15. The Morgan fingerprint density at radius 2 is 2.00 bits per heavy atom. The molecule has 0 saturated carbocycles. The number of aliphatic hydroxyl groups is 1. The van der Waals surface area contributed by atoms with Crippen molar-refractivity contribution in [2.45, 2.75) is 23.5 Å². The normalized spacial score (nSPS) is 23.8. The number of sulfonamides is 1. The quantitative estimate of drug-likeness (QED) is 0.826. The lowest BCUT2D eigenvalue weighted by atomic mass is 10.2. The van der Waals surface area contributed by atoms with Crippen molar-refractivity contribution >= 4 is 27.6 Å². The zero-order valence-electron chi connectivity index (χ0n) is 10.7. The highest BCUT2D eigenvalue weighted by Gasteiger charge is 2.44. The van der Waals surface area contributed by atoms with Gasteiger partial charge in [0, 0.05) is 18.0 Å². The number of rotatable bonds is 3. The predicted octanol–water partition coefficient (Wildman–Crippen LogP) is 0.637. The first-order chi connectivity index (χ1) is 9.36. The van der Waals surface area contributed by atoms with Gasteiger partial charge in [0.25, 0.3) is 0 Å². The van der Waals surface area contributed by atoms with E-state index in [-0.39, 0.29) is 17.9 Å². The second-order valence-corrected chi connectivity index (χ2v) is 6.78. The molecule has 1 N–H and O–H groups in total. The number of β-amino-alcohol motifs (C(OH)–C–C–N with tert-alkyl or cyclic N) is 1. The van der Waals surface area contributed by atoms with Crippen molar-refractivity contribution in [2.75, 3.05) is 13.7 Å². The number of hydrogen-bond acceptors (Lipinski definition) is 5. The molecule has 2 atom stereocenters. The Morgan fingerprint density at radius 3 is 2.55 bits per heavy atom. The Morgan fingerprint density at radius 1 is 1.40 bits per heavy atom. The van der Waals surface area contributed by atoms with Gasteiger partial charge in [-0.1, -0.05) is 11.6 Å². The monoisotopic (exact) mass is 319 g/mol. The summed E-state index contributed by atoms with van der Waals surface area (Å²) in [6, 6.07) is 4.62. The summed E-state index contributed by atoms with van der Waals surface area (Å²) in [5, 5.41) is 10.0. The lowest BCUT2D eigenvalue weighted by Gasteiger charge is -2.21. The van der Waals surface area contributed by atoms with Gasteiger partial charge in [0.2, 0.25) is 10.0 Å². The van der Waals surface area contributed by atoms with Crippen molar-refractivity contribution in [3.8, 4) is 0 Å². The molecular weight excluding hydrogens is 306 g/mol. The molecule has 1 fully saturated rings. The highest BCUT2D eigenvalue weighted by Crippen LogP contribution is 2.27. The summed E-state index contributed by atoms with van der Waals surface area (Å²) in [5.74, 6) is -0.681. The number of hydrogen-bond donors (Lipinski definition) is 1. The number of carbonyl (C=O) groups excluding carboxylic acids is 1. The van der Waals surface area contributed by atoms with Crippen molar-refractivity contribution in [1.29, 1.82) is 0 Å². The minimum Gasteiger partial charge on any atom is -0.468 e. The fourth-order valence-corrected chi connectivity index (χ4v) is 3.89. The minimum atomic E-state index is -3.88. The SMILES string of the molecule is COC(=O)[C@@H]1C[C@H](O)CN1S(=O)(=O)c1ccc(Cl)cc1. The number of ether oxygens (including phenoxy) is 1. The Labute approximate surface area is 122 Å². The summed E-state index contributed by atoms with van der Waals surface area (Å²) in [5.41, 5.74) is 0. The van der Waals surface area contributed by atoms with Crippen molar-refractivity contribution in [1.82, 2.24) is 4.31 Å². The first kappa shape index (κ1) is 15.2. The molecule has 0 spiro atoms. The lowest BCUT2D eigenvalue weighted by Crippen LogP contribution is -2.41. The smallest absolute Gasteiger partial charge is 0.324 e. The molecule has 1 aliphatic heterocycles. The molecule has 0 radical (unpaired) electrons. The van der Waals surface area contributed by atoms with E-state index in [9.17, 15) is 18.3 Å². The van der Waals surface area contributed by atoms with E-state index in [1.807, 2.05) is 0 Å². The first-order valence-corrected chi connectivity index (χ1v) is 7.71. The molecule has 2 rings (SSSR count). The van der Waals surface area contributed by atoms with Gasteiger partial charge in [-0.15, -0.1) is 0 Å². The minimum absolute atomic E-state index is 0.0184. The van der Waals surface area contributed by atoms with Crippen molar-refractivity contribution < 1.29 is 23.1 Å². The zero-order valence-corrected chi connectivity index (χ0v) is 12.3. The summed E-state index contributed by atoms with van der Waals surface area (Å²) < 4.78 is 30.5. The zero-order chi connectivity index (χ0) is 14.9. The summed E-state index contributed by atoms with van der Waals surface area (Å²) in [6.45, 7) is -0.134. The Bertz CT molecular complexity index is 601. The molecule has 1 aliphatic rings. The van der Waals surface area contributed by atoms with Gasteiger partial charge in [-0.25, -0.2) is 8.42 Å². The van der Waals surface area contributed by atoms with E-state index in [4.69, 9.17) is 11.6 Å². The maximum atomic E-state index is 12.5. The van der Waals surface area contributed by atoms with Crippen LogP contribution in [0.15, 0.2) is 29.2 Å². The van der Waals surface area contributed by atoms with Crippen LogP contribution >= 0.6 is 11.6 Å². The predicted molar refractivity (Wildman–Crippen MR) is 71.8 cm³/mol. The molecule has 1 saturated heterocycles. The molecule has 110 valence electrons. The number of esters is 1. The van der Waals surface area contributed by atoms with Crippen molar-refractivity contribution in [2.24, 2.45) is 0 Å². The molecule has 0 bridgehead atoms. The number of methoxy groups -OCH3 is 1. The van der Waals surface area contributed by atoms with Gasteiger partial charge in [0.05, 0.1) is 18.1 Å². The molecular formula is C12H14ClNO5S. The van der Waals surface area contributed by atoms with Gasteiger partial charge in [-0.2, -0.15) is 4.31 Å². The number of nitrogens with zero attached hydrogens (tertiary/aromatic N) is 1. The van der Waals surface area contributed by atoms with Crippen LogP contribution in [0.4, 0.5) is 0 Å². The average molecular weight is 320 g/mol. The molecule has 6 nitrogen and oxygen atoms in total. The van der Waals surface area contributed by atoms with Crippen LogP contribution in [0.3, 0.4) is 0 Å². The van der Waals surface area contributed by atoms with Crippen LogP contribution in [-0.2, 0) is 19.6 Å². The van der Waals surface area contributed by atoms with E-state index >= 15 is 0 Å². The van der Waals surface area contributed by atoms with Gasteiger partial charge >= 0.3 is 5.97 Å². The van der Waals surface area contributed by atoms with Crippen LogP contribution < -0.4 is 0 Å². The van der Waals surface area contributed by atoms with Gasteiger partial charge in [-0.05, 0) is 24.3 Å². The molecule has 20 heavy (non-hydrogen) atoms. The number of benzene rings is 1. The van der Waals surface area contributed by atoms with Crippen LogP contribution in [0, 0.1) is 0 Å². The third kappa shape index (κ3) is 2.80. The van der Waals surface area contributed by atoms with Crippen LogP contribution in [0.1, 0.15) is 6.42 Å². The molecule has 0 aromatic heterocycles. The van der Waals surface area contributed by atoms with E-state index in [1.54, 1.807) is 0 Å². The van der Waals surface area contributed by atoms with Crippen LogP contribution in [0.25, 0.3) is 0 Å². The third-order valence-electron chi connectivity index (χ3n) is 3.13. The molecule has 8 heteroatoms. The number of aliphatic hydroxyl groups excluding tert-OH is 1. The second kappa shape index (κ2) is 5.69. The summed E-state index contributed by atoms with van der Waals surface area (Å²) in [4.78, 5) is 11.7. The highest BCUT2D eigenvalue weighted by atomic mass is 35.5.